The molecule has 6 heteroatoms. The molecule has 4 rings (SSSR count). The molecule has 29 heavy (non-hydrogen) atoms. The van der Waals surface area contributed by atoms with Crippen LogP contribution >= 0.6 is 0 Å². The van der Waals surface area contributed by atoms with Gasteiger partial charge in [0.25, 0.3) is 5.91 Å². The van der Waals surface area contributed by atoms with Crippen LogP contribution in [0, 0.1) is 17.8 Å². The van der Waals surface area contributed by atoms with Gasteiger partial charge in [0, 0.05) is 6.04 Å². The van der Waals surface area contributed by atoms with Crippen molar-refractivity contribution in [3.63, 3.8) is 0 Å². The van der Waals surface area contributed by atoms with Gasteiger partial charge in [-0.3, -0.25) is 4.79 Å². The molecule has 1 N–H and O–H groups in total. The first-order valence-corrected chi connectivity index (χ1v) is 10.2. The fraction of sp³-hybridized carbons (Fsp3) is 0.478. The van der Waals surface area contributed by atoms with Gasteiger partial charge in [-0.1, -0.05) is 6.42 Å². The molecule has 2 bridgehead atoms. The van der Waals surface area contributed by atoms with Crippen LogP contribution < -0.4 is 10.1 Å². The maximum atomic E-state index is 12.5. The average Bonchev–Trinajstić information content (AvgIpc) is 3.49. The van der Waals surface area contributed by atoms with Gasteiger partial charge in [0.2, 0.25) is 0 Å². The number of carbonyl (C=O) groups is 2. The number of nitrogens with one attached hydrogen (secondary N) is 1. The van der Waals surface area contributed by atoms with Crippen molar-refractivity contribution in [1.29, 1.82) is 0 Å². The maximum Gasteiger partial charge on any atom is 0.337 e. The molecule has 1 aromatic carbocycles. The van der Waals surface area contributed by atoms with Crippen LogP contribution in [0.3, 0.4) is 0 Å². The van der Waals surface area contributed by atoms with Gasteiger partial charge in [0.15, 0.2) is 5.76 Å². The van der Waals surface area contributed by atoms with Crippen molar-refractivity contribution >= 4 is 11.9 Å². The fourth-order valence-electron chi connectivity index (χ4n) is 4.83. The Morgan fingerprint density at radius 3 is 2.59 bits per heavy atom. The predicted octanol–water partition coefficient (Wildman–Crippen LogP) is 4.20. The zero-order valence-corrected chi connectivity index (χ0v) is 16.9. The summed E-state index contributed by atoms with van der Waals surface area (Å²) >= 11 is 0. The number of rotatable bonds is 7. The lowest BCUT2D eigenvalue weighted by Gasteiger charge is -2.28. The van der Waals surface area contributed by atoms with Crippen molar-refractivity contribution in [1.82, 2.24) is 5.32 Å². The predicted molar refractivity (Wildman–Crippen MR) is 107 cm³/mol. The lowest BCUT2D eigenvalue weighted by atomic mass is 9.84. The van der Waals surface area contributed by atoms with E-state index >= 15 is 0 Å². The van der Waals surface area contributed by atoms with Crippen LogP contribution in [0.1, 0.15) is 59.3 Å². The molecule has 1 aromatic heterocycles. The Labute approximate surface area is 170 Å². The van der Waals surface area contributed by atoms with E-state index in [-0.39, 0.29) is 18.6 Å². The van der Waals surface area contributed by atoms with E-state index in [1.54, 1.807) is 36.4 Å². The quantitative estimate of drug-likeness (QED) is 0.709. The molecule has 1 amide bonds. The summed E-state index contributed by atoms with van der Waals surface area (Å²) in [6.07, 6.45) is 5.22. The van der Waals surface area contributed by atoms with E-state index in [2.05, 4.69) is 17.0 Å². The number of ether oxygens (including phenoxy) is 2. The molecule has 4 unspecified atom stereocenters. The first-order chi connectivity index (χ1) is 14.0. The van der Waals surface area contributed by atoms with Crippen LogP contribution in [0.15, 0.2) is 40.8 Å². The van der Waals surface area contributed by atoms with Gasteiger partial charge in [-0.25, -0.2) is 4.79 Å². The molecule has 2 aliphatic rings. The van der Waals surface area contributed by atoms with Crippen LogP contribution in [0.5, 0.6) is 5.75 Å². The second-order valence-electron chi connectivity index (χ2n) is 8.17. The Kier molecular flexibility index (Phi) is 5.60. The molecule has 2 aromatic rings. The second kappa shape index (κ2) is 8.31. The van der Waals surface area contributed by atoms with Crippen molar-refractivity contribution in [3.05, 3.63) is 53.5 Å². The number of amides is 1. The van der Waals surface area contributed by atoms with Crippen LogP contribution in [0.4, 0.5) is 0 Å². The van der Waals surface area contributed by atoms with Crippen LogP contribution in [0.25, 0.3) is 0 Å². The molecule has 1 heterocycles. The average molecular weight is 397 g/mol. The number of methoxy groups -OCH3 is 1. The first-order valence-electron chi connectivity index (χ1n) is 10.2. The standard InChI is InChI=1S/C23H27NO5/c1-14(20-12-15-3-4-17(20)11-15)24-22(25)21-10-9-19(29-21)13-28-18-7-5-16(6-8-18)23(26)27-2/h5-10,14-15,17,20H,3-4,11-13H2,1-2H3,(H,24,25). The van der Waals surface area contributed by atoms with Gasteiger partial charge >= 0.3 is 5.97 Å². The van der Waals surface area contributed by atoms with Crippen molar-refractivity contribution in [2.75, 3.05) is 7.11 Å². The second-order valence-corrected chi connectivity index (χ2v) is 8.17. The highest BCUT2D eigenvalue weighted by molar-refractivity contribution is 5.91. The zero-order chi connectivity index (χ0) is 20.4. The van der Waals surface area contributed by atoms with Gasteiger partial charge in [0.1, 0.15) is 18.1 Å². The van der Waals surface area contributed by atoms with E-state index in [1.807, 2.05) is 0 Å². The van der Waals surface area contributed by atoms with Crippen LogP contribution in [-0.2, 0) is 11.3 Å². The summed E-state index contributed by atoms with van der Waals surface area (Å²) in [7, 11) is 1.34. The smallest absolute Gasteiger partial charge is 0.337 e. The van der Waals surface area contributed by atoms with Gasteiger partial charge < -0.3 is 19.2 Å². The number of carbonyl (C=O) groups excluding carboxylic acids is 2. The molecule has 6 nitrogen and oxygen atoms in total. The molecule has 0 saturated heterocycles. The summed E-state index contributed by atoms with van der Waals surface area (Å²) in [4.78, 5) is 24.0. The maximum absolute atomic E-state index is 12.5. The third-order valence-corrected chi connectivity index (χ3v) is 6.34. The highest BCUT2D eigenvalue weighted by atomic mass is 16.5. The lowest BCUT2D eigenvalue weighted by Crippen LogP contribution is -2.40. The number of hydrogen-bond donors (Lipinski definition) is 1. The molecule has 0 spiro atoms. The Morgan fingerprint density at radius 1 is 1.14 bits per heavy atom. The zero-order valence-electron chi connectivity index (χ0n) is 16.9. The van der Waals surface area contributed by atoms with E-state index < -0.39 is 5.97 Å². The van der Waals surface area contributed by atoms with Crippen LogP contribution in [-0.4, -0.2) is 25.0 Å². The summed E-state index contributed by atoms with van der Waals surface area (Å²) in [5.41, 5.74) is 0.460. The summed E-state index contributed by atoms with van der Waals surface area (Å²) in [5, 5.41) is 3.12. The normalized spacial score (nSPS) is 23.6. The van der Waals surface area contributed by atoms with Gasteiger partial charge in [-0.2, -0.15) is 0 Å². The topological polar surface area (TPSA) is 77.8 Å². The number of esters is 1. The van der Waals surface area contributed by atoms with E-state index in [0.29, 0.717) is 28.8 Å². The van der Waals surface area contributed by atoms with E-state index in [9.17, 15) is 9.59 Å². The summed E-state index contributed by atoms with van der Waals surface area (Å²) in [6.45, 7) is 2.31. The van der Waals surface area contributed by atoms with Gasteiger partial charge in [0.05, 0.1) is 12.7 Å². The molecule has 0 aliphatic heterocycles. The van der Waals surface area contributed by atoms with Gasteiger partial charge in [-0.15, -0.1) is 0 Å². The molecular weight excluding hydrogens is 370 g/mol. The largest absolute Gasteiger partial charge is 0.486 e. The molecular formula is C23H27NO5. The molecule has 2 aliphatic carbocycles. The third-order valence-electron chi connectivity index (χ3n) is 6.34. The Hall–Kier alpha value is -2.76. The minimum Gasteiger partial charge on any atom is -0.486 e. The summed E-state index contributed by atoms with van der Waals surface area (Å²) < 4.78 is 16.0. The van der Waals surface area contributed by atoms with Crippen molar-refractivity contribution in [2.45, 2.75) is 45.3 Å². The lowest BCUT2D eigenvalue weighted by molar-refractivity contribution is 0.0600. The number of hydrogen-bond acceptors (Lipinski definition) is 5. The van der Waals surface area contributed by atoms with E-state index in [0.717, 1.165) is 11.8 Å². The highest BCUT2D eigenvalue weighted by Crippen LogP contribution is 2.49. The Balaban J connectivity index is 1.29. The van der Waals surface area contributed by atoms with Crippen molar-refractivity contribution < 1.29 is 23.5 Å². The fourth-order valence-corrected chi connectivity index (χ4v) is 4.83. The molecule has 154 valence electrons. The Bertz CT molecular complexity index is 872. The SMILES string of the molecule is COC(=O)c1ccc(OCc2ccc(C(=O)NC(C)C3CC4CCC3C4)o2)cc1. The number of furan rings is 1. The third kappa shape index (κ3) is 4.31. The molecule has 2 saturated carbocycles. The monoisotopic (exact) mass is 397 g/mol. The molecule has 0 radical (unpaired) electrons. The molecule has 2 fully saturated rings. The summed E-state index contributed by atoms with van der Waals surface area (Å²) in [5.74, 6) is 3.12. The molecule has 4 atom stereocenters. The highest BCUT2D eigenvalue weighted by Gasteiger charge is 2.42. The summed E-state index contributed by atoms with van der Waals surface area (Å²) in [6, 6.07) is 10.3. The van der Waals surface area contributed by atoms with Crippen molar-refractivity contribution in [2.24, 2.45) is 17.8 Å². The number of benzene rings is 1. The van der Waals surface area contributed by atoms with Crippen molar-refractivity contribution in [3.8, 4) is 5.75 Å². The van der Waals surface area contributed by atoms with Gasteiger partial charge in [-0.05, 0) is 80.3 Å². The van der Waals surface area contributed by atoms with Crippen LogP contribution in [0.2, 0.25) is 0 Å². The number of fused-ring (bicyclic) bond motifs is 2. The minimum absolute atomic E-state index is 0.163. The first kappa shape index (κ1) is 19.6. The Morgan fingerprint density at radius 2 is 1.93 bits per heavy atom. The minimum atomic E-state index is -0.391. The van der Waals surface area contributed by atoms with E-state index in [1.165, 1.54) is 32.8 Å². The van der Waals surface area contributed by atoms with E-state index in [4.69, 9.17) is 9.15 Å².